The first-order chi connectivity index (χ1) is 12.3. The van der Waals surface area contributed by atoms with Gasteiger partial charge in [-0.15, -0.1) is 0 Å². The maximum Gasteiger partial charge on any atom is 0.160 e. The van der Waals surface area contributed by atoms with E-state index in [-0.39, 0.29) is 6.04 Å². The summed E-state index contributed by atoms with van der Waals surface area (Å²) in [6.07, 6.45) is 3.03. The van der Waals surface area contributed by atoms with Gasteiger partial charge in [0.15, 0.2) is 11.5 Å². The number of ether oxygens (including phenoxy) is 2. The van der Waals surface area contributed by atoms with Gasteiger partial charge in [-0.25, -0.2) is 0 Å². The lowest BCUT2D eigenvalue weighted by atomic mass is 10.0. The van der Waals surface area contributed by atoms with Gasteiger partial charge < -0.3 is 19.4 Å². The zero-order valence-electron chi connectivity index (χ0n) is 14.5. The van der Waals surface area contributed by atoms with Gasteiger partial charge in [-0.3, -0.25) is 0 Å². The molecule has 0 spiro atoms. The standard InChI is InChI=1S/C21H22N2O2/c1-24-20-10-9-15(13-21(20)25-2)12-17-19-8-5-11-23(19)18-7-4-3-6-16(18)14-22-17/h3-11,13,17,22H,12,14H2,1-2H3. The molecule has 0 saturated heterocycles. The lowest BCUT2D eigenvalue weighted by Crippen LogP contribution is -2.22. The van der Waals surface area contributed by atoms with Crippen LogP contribution in [-0.2, 0) is 13.0 Å². The van der Waals surface area contributed by atoms with Crippen molar-refractivity contribution in [2.75, 3.05) is 14.2 Å². The van der Waals surface area contributed by atoms with Crippen LogP contribution in [0.25, 0.3) is 5.69 Å². The van der Waals surface area contributed by atoms with Crippen molar-refractivity contribution in [3.8, 4) is 17.2 Å². The normalized spacial score (nSPS) is 15.8. The van der Waals surface area contributed by atoms with E-state index in [1.165, 1.54) is 22.5 Å². The second-order valence-electron chi connectivity index (χ2n) is 6.26. The smallest absolute Gasteiger partial charge is 0.160 e. The minimum Gasteiger partial charge on any atom is -0.493 e. The SMILES string of the molecule is COc1ccc(CC2NCc3ccccc3-n3cccc32)cc1OC. The van der Waals surface area contributed by atoms with E-state index < -0.39 is 0 Å². The molecule has 0 bridgehead atoms. The lowest BCUT2D eigenvalue weighted by molar-refractivity contribution is 0.354. The van der Waals surface area contributed by atoms with Gasteiger partial charge in [0.2, 0.25) is 0 Å². The third-order valence-electron chi connectivity index (χ3n) is 4.82. The Bertz CT molecular complexity index is 885. The topological polar surface area (TPSA) is 35.4 Å². The van der Waals surface area contributed by atoms with Gasteiger partial charge in [0.1, 0.15) is 0 Å². The van der Waals surface area contributed by atoms with Crippen molar-refractivity contribution in [2.24, 2.45) is 0 Å². The van der Waals surface area contributed by atoms with Crippen molar-refractivity contribution in [1.29, 1.82) is 0 Å². The molecule has 1 aliphatic rings. The molecule has 1 N–H and O–H groups in total. The quantitative estimate of drug-likeness (QED) is 0.786. The molecule has 4 rings (SSSR count). The molecule has 0 aliphatic carbocycles. The van der Waals surface area contributed by atoms with Crippen LogP contribution >= 0.6 is 0 Å². The lowest BCUT2D eigenvalue weighted by Gasteiger charge is -2.18. The Kier molecular flexibility index (Phi) is 4.20. The van der Waals surface area contributed by atoms with Crippen LogP contribution in [-0.4, -0.2) is 18.8 Å². The number of fused-ring (bicyclic) bond motifs is 3. The molecule has 1 aliphatic heterocycles. The van der Waals surface area contributed by atoms with Crippen LogP contribution in [0, 0.1) is 0 Å². The highest BCUT2D eigenvalue weighted by atomic mass is 16.5. The summed E-state index contributed by atoms with van der Waals surface area (Å²) in [6, 6.07) is 19.2. The van der Waals surface area contributed by atoms with Gasteiger partial charge in [-0.1, -0.05) is 24.3 Å². The van der Waals surface area contributed by atoms with Crippen molar-refractivity contribution >= 4 is 0 Å². The molecule has 0 radical (unpaired) electrons. The summed E-state index contributed by atoms with van der Waals surface area (Å²) in [6.45, 7) is 0.857. The zero-order chi connectivity index (χ0) is 17.2. The van der Waals surface area contributed by atoms with E-state index in [9.17, 15) is 0 Å². The molecule has 0 saturated carbocycles. The maximum atomic E-state index is 5.45. The summed E-state index contributed by atoms with van der Waals surface area (Å²) in [5, 5.41) is 3.70. The summed E-state index contributed by atoms with van der Waals surface area (Å²) in [7, 11) is 3.34. The van der Waals surface area contributed by atoms with E-state index in [1.54, 1.807) is 14.2 Å². The second kappa shape index (κ2) is 6.65. The Balaban J connectivity index is 1.67. The summed E-state index contributed by atoms with van der Waals surface area (Å²) in [5.74, 6) is 1.53. The molecule has 0 amide bonds. The molecule has 4 nitrogen and oxygen atoms in total. The summed E-state index contributed by atoms with van der Waals surface area (Å²) < 4.78 is 13.1. The molecule has 1 atom stereocenters. The molecule has 2 aromatic carbocycles. The summed E-state index contributed by atoms with van der Waals surface area (Å²) in [5.41, 5.74) is 5.06. The second-order valence-corrected chi connectivity index (χ2v) is 6.26. The fraction of sp³-hybridized carbons (Fsp3) is 0.238. The molecule has 1 unspecified atom stereocenters. The largest absolute Gasteiger partial charge is 0.493 e. The van der Waals surface area contributed by atoms with Gasteiger partial charge >= 0.3 is 0 Å². The minimum absolute atomic E-state index is 0.237. The molecule has 0 fully saturated rings. The third-order valence-corrected chi connectivity index (χ3v) is 4.82. The van der Waals surface area contributed by atoms with Crippen LogP contribution in [0.4, 0.5) is 0 Å². The number of aromatic nitrogens is 1. The van der Waals surface area contributed by atoms with Gasteiger partial charge in [0.05, 0.1) is 20.3 Å². The summed E-state index contributed by atoms with van der Waals surface area (Å²) in [4.78, 5) is 0. The number of para-hydroxylation sites is 1. The molecule has 25 heavy (non-hydrogen) atoms. The fourth-order valence-corrected chi connectivity index (χ4v) is 3.55. The predicted molar refractivity (Wildman–Crippen MR) is 98.6 cm³/mol. The Morgan fingerprint density at radius 1 is 1.00 bits per heavy atom. The van der Waals surface area contributed by atoms with Crippen LogP contribution in [0.1, 0.15) is 22.9 Å². The van der Waals surface area contributed by atoms with Crippen LogP contribution in [0.15, 0.2) is 60.8 Å². The van der Waals surface area contributed by atoms with Crippen molar-refractivity contribution in [1.82, 2.24) is 9.88 Å². The molecule has 2 heterocycles. The fourth-order valence-electron chi connectivity index (χ4n) is 3.55. The van der Waals surface area contributed by atoms with E-state index in [1.807, 2.05) is 6.07 Å². The highest BCUT2D eigenvalue weighted by Gasteiger charge is 2.21. The number of benzene rings is 2. The van der Waals surface area contributed by atoms with Crippen molar-refractivity contribution < 1.29 is 9.47 Å². The Morgan fingerprint density at radius 3 is 2.68 bits per heavy atom. The first-order valence-corrected chi connectivity index (χ1v) is 8.50. The number of rotatable bonds is 4. The van der Waals surface area contributed by atoms with Crippen LogP contribution < -0.4 is 14.8 Å². The van der Waals surface area contributed by atoms with E-state index in [4.69, 9.17) is 9.47 Å². The first-order valence-electron chi connectivity index (χ1n) is 8.50. The summed E-state index contributed by atoms with van der Waals surface area (Å²) >= 11 is 0. The number of methoxy groups -OCH3 is 2. The zero-order valence-corrected chi connectivity index (χ0v) is 14.5. The minimum atomic E-state index is 0.237. The van der Waals surface area contributed by atoms with E-state index in [0.29, 0.717) is 0 Å². The van der Waals surface area contributed by atoms with E-state index >= 15 is 0 Å². The number of nitrogens with one attached hydrogen (secondary N) is 1. The third kappa shape index (κ3) is 2.89. The van der Waals surface area contributed by atoms with Crippen LogP contribution in [0.5, 0.6) is 11.5 Å². The highest BCUT2D eigenvalue weighted by molar-refractivity contribution is 5.46. The van der Waals surface area contributed by atoms with E-state index in [0.717, 1.165) is 24.5 Å². The van der Waals surface area contributed by atoms with Crippen molar-refractivity contribution in [3.05, 3.63) is 77.6 Å². The Morgan fingerprint density at radius 2 is 1.84 bits per heavy atom. The van der Waals surface area contributed by atoms with Crippen molar-refractivity contribution in [2.45, 2.75) is 19.0 Å². The van der Waals surface area contributed by atoms with E-state index in [2.05, 4.69) is 64.6 Å². The van der Waals surface area contributed by atoms with Gasteiger partial charge in [0.25, 0.3) is 0 Å². The van der Waals surface area contributed by atoms with Crippen LogP contribution in [0.2, 0.25) is 0 Å². The number of hydrogen-bond acceptors (Lipinski definition) is 3. The maximum absolute atomic E-state index is 5.45. The molecular weight excluding hydrogens is 312 g/mol. The van der Waals surface area contributed by atoms with Gasteiger partial charge in [0, 0.05) is 24.1 Å². The Labute approximate surface area is 148 Å². The highest BCUT2D eigenvalue weighted by Crippen LogP contribution is 2.32. The first kappa shape index (κ1) is 15.8. The number of hydrogen-bond donors (Lipinski definition) is 1. The molecule has 4 heteroatoms. The molecule has 1 aromatic heterocycles. The monoisotopic (exact) mass is 334 g/mol. The predicted octanol–water partition coefficient (Wildman–Crippen LogP) is 3.88. The molecule has 128 valence electrons. The number of nitrogens with zero attached hydrogens (tertiary/aromatic N) is 1. The van der Waals surface area contributed by atoms with Gasteiger partial charge in [-0.2, -0.15) is 0 Å². The van der Waals surface area contributed by atoms with Gasteiger partial charge in [-0.05, 0) is 47.9 Å². The van der Waals surface area contributed by atoms with Crippen LogP contribution in [0.3, 0.4) is 0 Å². The average molecular weight is 334 g/mol. The molecular formula is C21H22N2O2. The Hall–Kier alpha value is -2.72. The average Bonchev–Trinajstić information content (AvgIpc) is 3.09. The molecule has 3 aromatic rings. The van der Waals surface area contributed by atoms with Crippen molar-refractivity contribution in [3.63, 3.8) is 0 Å².